The molecular formula is C8H5Cl3F2O. The molecule has 6 heteroatoms. The first-order valence-corrected chi connectivity index (χ1v) is 4.65. The number of hydrogen-bond donors (Lipinski definition) is 1. The van der Waals surface area contributed by atoms with Gasteiger partial charge in [0, 0.05) is 5.02 Å². The Bertz CT molecular complexity index is 331. The summed E-state index contributed by atoms with van der Waals surface area (Å²) in [6.07, 6.45) is 0. The maximum absolute atomic E-state index is 13.1. The van der Waals surface area contributed by atoms with E-state index in [1.54, 1.807) is 0 Å². The second-order valence-electron chi connectivity index (χ2n) is 2.61. The lowest BCUT2D eigenvalue weighted by Gasteiger charge is -2.16. The Morgan fingerprint density at radius 1 is 1.14 bits per heavy atom. The first-order chi connectivity index (χ1) is 6.38. The van der Waals surface area contributed by atoms with E-state index in [0.717, 1.165) is 12.1 Å². The topological polar surface area (TPSA) is 20.2 Å². The highest BCUT2D eigenvalue weighted by atomic mass is 35.5. The maximum Gasteiger partial charge on any atom is 0.298 e. The smallest absolute Gasteiger partial charge is 0.298 e. The minimum atomic E-state index is -3.46. The van der Waals surface area contributed by atoms with Crippen LogP contribution in [0, 0.1) is 0 Å². The third-order valence-corrected chi connectivity index (χ3v) is 2.39. The summed E-state index contributed by atoms with van der Waals surface area (Å²) in [5.41, 5.74) is -0.604. The highest BCUT2D eigenvalue weighted by Crippen LogP contribution is 2.39. The Morgan fingerprint density at radius 3 is 1.93 bits per heavy atom. The Balaban J connectivity index is 3.35. The molecule has 0 aliphatic carbocycles. The van der Waals surface area contributed by atoms with E-state index in [2.05, 4.69) is 0 Å². The zero-order valence-corrected chi connectivity index (χ0v) is 8.97. The van der Waals surface area contributed by atoms with Crippen molar-refractivity contribution in [1.29, 1.82) is 0 Å². The fourth-order valence-electron chi connectivity index (χ4n) is 0.971. The zero-order valence-electron chi connectivity index (χ0n) is 6.70. The van der Waals surface area contributed by atoms with Crippen LogP contribution in [0.2, 0.25) is 15.1 Å². The monoisotopic (exact) mass is 260 g/mol. The molecule has 1 aromatic carbocycles. The molecule has 0 aliphatic heterocycles. The summed E-state index contributed by atoms with van der Waals surface area (Å²) in [7, 11) is 0. The molecule has 0 aliphatic rings. The Morgan fingerprint density at radius 2 is 1.57 bits per heavy atom. The number of aliphatic hydroxyl groups is 1. The van der Waals surface area contributed by atoms with E-state index in [1.807, 2.05) is 0 Å². The van der Waals surface area contributed by atoms with Gasteiger partial charge in [-0.3, -0.25) is 0 Å². The summed E-state index contributed by atoms with van der Waals surface area (Å²) in [5.74, 6) is -3.46. The molecule has 0 heterocycles. The van der Waals surface area contributed by atoms with Crippen LogP contribution in [0.15, 0.2) is 12.1 Å². The maximum atomic E-state index is 13.1. The van der Waals surface area contributed by atoms with E-state index in [-0.39, 0.29) is 15.1 Å². The van der Waals surface area contributed by atoms with Crippen molar-refractivity contribution < 1.29 is 13.9 Å². The highest BCUT2D eigenvalue weighted by Gasteiger charge is 2.35. The summed E-state index contributed by atoms with van der Waals surface area (Å²) in [5, 5.41) is 8.10. The molecule has 0 spiro atoms. The average molecular weight is 261 g/mol. The zero-order chi connectivity index (χ0) is 10.9. The molecule has 78 valence electrons. The van der Waals surface area contributed by atoms with Gasteiger partial charge in [0.2, 0.25) is 0 Å². The van der Waals surface area contributed by atoms with Crippen LogP contribution in [-0.4, -0.2) is 11.7 Å². The van der Waals surface area contributed by atoms with Crippen molar-refractivity contribution in [3.8, 4) is 0 Å². The van der Waals surface area contributed by atoms with Crippen LogP contribution in [0.4, 0.5) is 8.78 Å². The van der Waals surface area contributed by atoms with E-state index in [9.17, 15) is 8.78 Å². The van der Waals surface area contributed by atoms with Crippen molar-refractivity contribution in [2.24, 2.45) is 0 Å². The van der Waals surface area contributed by atoms with Crippen molar-refractivity contribution in [2.45, 2.75) is 5.92 Å². The molecule has 0 saturated heterocycles. The Kier molecular flexibility index (Phi) is 3.58. The van der Waals surface area contributed by atoms with Crippen LogP contribution >= 0.6 is 34.8 Å². The van der Waals surface area contributed by atoms with Gasteiger partial charge in [0.1, 0.15) is 6.61 Å². The number of aliphatic hydroxyl groups excluding tert-OH is 1. The highest BCUT2D eigenvalue weighted by molar-refractivity contribution is 6.39. The predicted octanol–water partition coefficient (Wildman–Crippen LogP) is 3.73. The van der Waals surface area contributed by atoms with Crippen LogP contribution < -0.4 is 0 Å². The molecule has 14 heavy (non-hydrogen) atoms. The molecule has 1 nitrogen and oxygen atoms in total. The van der Waals surface area contributed by atoms with Gasteiger partial charge in [-0.15, -0.1) is 0 Å². The molecule has 0 fully saturated rings. The summed E-state index contributed by atoms with van der Waals surface area (Å²) in [6.45, 7) is -1.35. The molecule has 0 saturated carbocycles. The van der Waals surface area contributed by atoms with Gasteiger partial charge in [0.25, 0.3) is 5.92 Å². The molecule has 0 unspecified atom stereocenters. The van der Waals surface area contributed by atoms with Gasteiger partial charge in [-0.05, 0) is 12.1 Å². The molecule has 0 aromatic heterocycles. The van der Waals surface area contributed by atoms with E-state index in [1.165, 1.54) is 0 Å². The third-order valence-electron chi connectivity index (χ3n) is 1.57. The lowest BCUT2D eigenvalue weighted by molar-refractivity contribution is -0.0554. The van der Waals surface area contributed by atoms with E-state index in [0.29, 0.717) is 0 Å². The fraction of sp³-hybridized carbons (Fsp3) is 0.250. The Labute approximate surface area is 94.2 Å². The van der Waals surface area contributed by atoms with Crippen LogP contribution in [0.25, 0.3) is 0 Å². The van der Waals surface area contributed by atoms with E-state index in [4.69, 9.17) is 39.9 Å². The second-order valence-corrected chi connectivity index (χ2v) is 3.86. The molecule has 1 N–H and O–H groups in total. The third kappa shape index (κ3) is 2.28. The Hall–Kier alpha value is -0.0900. The van der Waals surface area contributed by atoms with Crippen LogP contribution in [0.1, 0.15) is 5.56 Å². The normalized spacial score (nSPS) is 11.9. The first kappa shape index (κ1) is 12.0. The van der Waals surface area contributed by atoms with Gasteiger partial charge in [-0.2, -0.15) is 8.78 Å². The quantitative estimate of drug-likeness (QED) is 0.860. The summed E-state index contributed by atoms with van der Waals surface area (Å²) in [6, 6.07) is 2.29. The van der Waals surface area contributed by atoms with Crippen molar-refractivity contribution >= 4 is 34.8 Å². The van der Waals surface area contributed by atoms with E-state index < -0.39 is 18.1 Å². The minimum Gasteiger partial charge on any atom is -0.390 e. The SMILES string of the molecule is OCC(F)(F)c1c(Cl)cc(Cl)cc1Cl. The lowest BCUT2D eigenvalue weighted by atomic mass is 10.1. The van der Waals surface area contributed by atoms with Gasteiger partial charge >= 0.3 is 0 Å². The molecular weight excluding hydrogens is 256 g/mol. The first-order valence-electron chi connectivity index (χ1n) is 3.52. The number of benzene rings is 1. The molecule has 1 aromatic rings. The lowest BCUT2D eigenvalue weighted by Crippen LogP contribution is -2.19. The second kappa shape index (κ2) is 4.19. The molecule has 0 atom stereocenters. The van der Waals surface area contributed by atoms with Gasteiger partial charge in [0.15, 0.2) is 0 Å². The predicted molar refractivity (Wildman–Crippen MR) is 52.5 cm³/mol. The van der Waals surface area contributed by atoms with Crippen LogP contribution in [0.5, 0.6) is 0 Å². The molecule has 1 rings (SSSR count). The number of halogens is 5. The van der Waals surface area contributed by atoms with Gasteiger partial charge in [-0.1, -0.05) is 34.8 Å². The van der Waals surface area contributed by atoms with Crippen molar-refractivity contribution in [3.63, 3.8) is 0 Å². The van der Waals surface area contributed by atoms with Crippen LogP contribution in [-0.2, 0) is 5.92 Å². The minimum absolute atomic E-state index is 0.164. The molecule has 0 amide bonds. The van der Waals surface area contributed by atoms with Gasteiger partial charge in [-0.25, -0.2) is 0 Å². The fourth-order valence-corrected chi connectivity index (χ4v) is 2.06. The van der Waals surface area contributed by atoms with Gasteiger partial charge in [0.05, 0.1) is 15.6 Å². The summed E-state index contributed by atoms with van der Waals surface area (Å²) < 4.78 is 26.2. The van der Waals surface area contributed by atoms with Crippen molar-refractivity contribution in [1.82, 2.24) is 0 Å². The summed E-state index contributed by atoms with van der Waals surface area (Å²) in [4.78, 5) is 0. The van der Waals surface area contributed by atoms with E-state index >= 15 is 0 Å². The summed E-state index contributed by atoms with van der Waals surface area (Å²) >= 11 is 16.6. The standard InChI is InChI=1S/C8H5Cl3F2O/c9-4-1-5(10)7(6(11)2-4)8(12,13)3-14/h1-2,14H,3H2. The number of rotatable bonds is 2. The average Bonchev–Trinajstić information content (AvgIpc) is 2.01. The molecule has 0 bridgehead atoms. The largest absolute Gasteiger partial charge is 0.390 e. The van der Waals surface area contributed by atoms with Crippen LogP contribution in [0.3, 0.4) is 0 Å². The van der Waals surface area contributed by atoms with Crippen molar-refractivity contribution in [2.75, 3.05) is 6.61 Å². The number of alkyl halides is 2. The number of hydrogen-bond acceptors (Lipinski definition) is 1. The molecule has 0 radical (unpaired) electrons. The van der Waals surface area contributed by atoms with Gasteiger partial charge < -0.3 is 5.11 Å². The van der Waals surface area contributed by atoms with Crippen molar-refractivity contribution in [3.05, 3.63) is 32.8 Å².